The molecule has 0 radical (unpaired) electrons. The first kappa shape index (κ1) is 13.1. The summed E-state index contributed by atoms with van der Waals surface area (Å²) in [6.07, 6.45) is 5.17. The van der Waals surface area contributed by atoms with Gasteiger partial charge in [0.15, 0.2) is 5.69 Å². The fourth-order valence-corrected chi connectivity index (χ4v) is 3.12. The predicted molar refractivity (Wildman–Crippen MR) is 78.0 cm³/mol. The lowest BCUT2D eigenvalue weighted by Crippen LogP contribution is -2.19. The van der Waals surface area contributed by atoms with Gasteiger partial charge in [0.25, 0.3) is 0 Å². The van der Waals surface area contributed by atoms with Crippen LogP contribution in [0.25, 0.3) is 15.9 Å². The molecular weight excluding hydrogens is 274 g/mol. The summed E-state index contributed by atoms with van der Waals surface area (Å²) in [5.41, 5.74) is 2.12. The molecule has 2 aromatic rings. The third-order valence-corrected chi connectivity index (χ3v) is 4.12. The molecule has 1 heterocycles. The molecule has 0 N–H and O–H groups in total. The monoisotopic (exact) mass is 287 g/mol. The van der Waals surface area contributed by atoms with Crippen molar-refractivity contribution in [3.8, 4) is 0 Å². The molecule has 1 aromatic heterocycles. The van der Waals surface area contributed by atoms with E-state index in [-0.39, 0.29) is 0 Å². The molecule has 0 spiro atoms. The SMILES string of the molecule is [C-]#[N+]c1cc(Cl)c2ncn(C[C@H]3CCCC(=O)C3)c2c1. The topological polar surface area (TPSA) is 39.2 Å². The van der Waals surface area contributed by atoms with Crippen LogP contribution in [-0.4, -0.2) is 15.3 Å². The molecule has 0 unspecified atom stereocenters. The summed E-state index contributed by atoms with van der Waals surface area (Å²) in [5.74, 6) is 0.717. The largest absolute Gasteiger partial charge is 0.331 e. The van der Waals surface area contributed by atoms with Crippen molar-refractivity contribution in [2.75, 3.05) is 0 Å². The Labute approximate surface area is 122 Å². The van der Waals surface area contributed by atoms with Crippen molar-refractivity contribution >= 4 is 34.1 Å². The van der Waals surface area contributed by atoms with Crippen molar-refractivity contribution in [2.45, 2.75) is 32.2 Å². The third-order valence-electron chi connectivity index (χ3n) is 3.83. The number of imidazole rings is 1. The van der Waals surface area contributed by atoms with E-state index in [1.54, 1.807) is 12.4 Å². The quantitative estimate of drug-likeness (QED) is 0.783. The number of benzene rings is 1. The minimum atomic E-state index is 0.352. The van der Waals surface area contributed by atoms with E-state index < -0.39 is 0 Å². The van der Waals surface area contributed by atoms with Gasteiger partial charge in [0.05, 0.1) is 23.4 Å². The zero-order valence-corrected chi connectivity index (χ0v) is 11.7. The van der Waals surface area contributed by atoms with E-state index in [4.69, 9.17) is 18.2 Å². The Balaban J connectivity index is 1.94. The molecule has 102 valence electrons. The fraction of sp³-hybridized carbons (Fsp3) is 0.400. The van der Waals surface area contributed by atoms with Crippen LogP contribution in [0.4, 0.5) is 5.69 Å². The van der Waals surface area contributed by atoms with Gasteiger partial charge in [-0.1, -0.05) is 11.6 Å². The van der Waals surface area contributed by atoms with Gasteiger partial charge in [0, 0.05) is 19.4 Å². The second-order valence-electron chi connectivity index (χ2n) is 5.31. The molecule has 1 fully saturated rings. The Bertz CT molecular complexity index is 714. The summed E-state index contributed by atoms with van der Waals surface area (Å²) in [5, 5.41) is 0.506. The Morgan fingerprint density at radius 1 is 1.50 bits per heavy atom. The lowest BCUT2D eigenvalue weighted by atomic mass is 9.88. The molecule has 0 aliphatic heterocycles. The number of carbonyl (C=O) groups excluding carboxylic acids is 1. The van der Waals surface area contributed by atoms with Gasteiger partial charge in [0.2, 0.25) is 0 Å². The van der Waals surface area contributed by atoms with Crippen LogP contribution in [0, 0.1) is 12.5 Å². The maximum Gasteiger partial charge on any atom is 0.190 e. The smallest absolute Gasteiger partial charge is 0.190 e. The highest BCUT2D eigenvalue weighted by Gasteiger charge is 2.20. The molecule has 5 heteroatoms. The van der Waals surface area contributed by atoms with E-state index in [2.05, 4.69) is 9.83 Å². The van der Waals surface area contributed by atoms with E-state index in [0.29, 0.717) is 28.8 Å². The summed E-state index contributed by atoms with van der Waals surface area (Å²) in [7, 11) is 0. The van der Waals surface area contributed by atoms with Gasteiger partial charge in [-0.2, -0.15) is 0 Å². The number of Topliss-reactive ketones (excluding diaryl/α,β-unsaturated/α-hetero) is 1. The fourth-order valence-electron chi connectivity index (χ4n) is 2.87. The molecule has 0 amide bonds. The van der Waals surface area contributed by atoms with E-state index in [9.17, 15) is 4.79 Å². The van der Waals surface area contributed by atoms with Gasteiger partial charge in [-0.25, -0.2) is 9.83 Å². The second-order valence-corrected chi connectivity index (χ2v) is 5.71. The van der Waals surface area contributed by atoms with Crippen LogP contribution in [0.3, 0.4) is 0 Å². The van der Waals surface area contributed by atoms with Gasteiger partial charge < -0.3 is 4.57 Å². The predicted octanol–water partition coefficient (Wildman–Crippen LogP) is 4.00. The highest BCUT2D eigenvalue weighted by atomic mass is 35.5. The Morgan fingerprint density at radius 2 is 2.35 bits per heavy atom. The molecule has 20 heavy (non-hydrogen) atoms. The summed E-state index contributed by atoms with van der Waals surface area (Å²) >= 11 is 6.15. The number of carbonyl (C=O) groups is 1. The average Bonchev–Trinajstić information content (AvgIpc) is 2.82. The van der Waals surface area contributed by atoms with Crippen LogP contribution >= 0.6 is 11.6 Å². The minimum absolute atomic E-state index is 0.352. The Kier molecular flexibility index (Phi) is 3.45. The maximum absolute atomic E-state index is 11.5. The zero-order valence-electron chi connectivity index (χ0n) is 11.0. The summed E-state index contributed by atoms with van der Waals surface area (Å²) in [6.45, 7) is 7.87. The minimum Gasteiger partial charge on any atom is -0.331 e. The molecular formula is C15H14ClN3O. The molecule has 4 nitrogen and oxygen atoms in total. The summed E-state index contributed by atoms with van der Waals surface area (Å²) in [4.78, 5) is 19.3. The van der Waals surface area contributed by atoms with Gasteiger partial charge in [-0.05, 0) is 30.9 Å². The number of ketones is 1. The molecule has 1 saturated carbocycles. The number of fused-ring (bicyclic) bond motifs is 1. The molecule has 0 saturated heterocycles. The van der Waals surface area contributed by atoms with Crippen LogP contribution in [0.1, 0.15) is 25.7 Å². The van der Waals surface area contributed by atoms with Crippen molar-refractivity contribution < 1.29 is 4.79 Å². The molecule has 1 aliphatic carbocycles. The Hall–Kier alpha value is -1.86. The molecule has 1 atom stereocenters. The molecule has 1 aliphatic rings. The van der Waals surface area contributed by atoms with E-state index in [0.717, 1.165) is 36.8 Å². The van der Waals surface area contributed by atoms with Gasteiger partial charge in [0.1, 0.15) is 11.3 Å². The number of hydrogen-bond acceptors (Lipinski definition) is 2. The van der Waals surface area contributed by atoms with Gasteiger partial charge in [-0.15, -0.1) is 0 Å². The third kappa shape index (κ3) is 2.41. The van der Waals surface area contributed by atoms with Crippen LogP contribution in [0.5, 0.6) is 0 Å². The van der Waals surface area contributed by atoms with Crippen LogP contribution in [-0.2, 0) is 11.3 Å². The standard InChI is InChI=1S/C15H14ClN3O/c1-17-11-6-13(16)15-14(7-11)19(9-18-15)8-10-3-2-4-12(20)5-10/h6-7,9-10H,2-5,8H2/t10-/m0/s1. The molecule has 3 rings (SSSR count). The van der Waals surface area contributed by atoms with Crippen molar-refractivity contribution in [1.82, 2.24) is 9.55 Å². The lowest BCUT2D eigenvalue weighted by Gasteiger charge is -2.21. The second kappa shape index (κ2) is 5.26. The highest BCUT2D eigenvalue weighted by molar-refractivity contribution is 6.35. The first-order valence-corrected chi connectivity index (χ1v) is 7.08. The van der Waals surface area contributed by atoms with Crippen LogP contribution in [0.2, 0.25) is 5.02 Å². The van der Waals surface area contributed by atoms with Gasteiger partial charge in [-0.3, -0.25) is 4.79 Å². The molecule has 0 bridgehead atoms. The number of aromatic nitrogens is 2. The molecule has 1 aromatic carbocycles. The van der Waals surface area contributed by atoms with Crippen molar-refractivity contribution in [3.05, 3.63) is 34.9 Å². The van der Waals surface area contributed by atoms with Crippen LogP contribution < -0.4 is 0 Å². The van der Waals surface area contributed by atoms with Crippen LogP contribution in [0.15, 0.2) is 18.5 Å². The number of rotatable bonds is 2. The first-order valence-electron chi connectivity index (χ1n) is 6.71. The van der Waals surface area contributed by atoms with Crippen molar-refractivity contribution in [3.63, 3.8) is 0 Å². The lowest BCUT2D eigenvalue weighted by molar-refractivity contribution is -0.121. The number of hydrogen-bond donors (Lipinski definition) is 0. The van der Waals surface area contributed by atoms with E-state index >= 15 is 0 Å². The first-order chi connectivity index (χ1) is 9.67. The van der Waals surface area contributed by atoms with E-state index in [1.807, 2.05) is 10.6 Å². The number of halogens is 1. The highest BCUT2D eigenvalue weighted by Crippen LogP contribution is 2.30. The number of nitrogens with zero attached hydrogens (tertiary/aromatic N) is 3. The summed E-state index contributed by atoms with van der Waals surface area (Å²) < 4.78 is 2.01. The van der Waals surface area contributed by atoms with Crippen molar-refractivity contribution in [2.24, 2.45) is 5.92 Å². The van der Waals surface area contributed by atoms with Gasteiger partial charge >= 0.3 is 0 Å². The van der Waals surface area contributed by atoms with E-state index in [1.165, 1.54) is 0 Å². The van der Waals surface area contributed by atoms with Crippen molar-refractivity contribution in [1.29, 1.82) is 0 Å². The average molecular weight is 288 g/mol. The maximum atomic E-state index is 11.5. The zero-order chi connectivity index (χ0) is 14.1. The summed E-state index contributed by atoms with van der Waals surface area (Å²) in [6, 6.07) is 3.45. The normalized spacial score (nSPS) is 19.2. The Morgan fingerprint density at radius 3 is 3.10 bits per heavy atom.